The molecule has 0 bridgehead atoms. The SMILES string of the molecule is O=C(Cc1ccccc1)On1cc2ccccc2c1. The fraction of sp³-hybridized carbons (Fsp3) is 0.0625. The minimum absolute atomic E-state index is 0.272. The first-order chi connectivity index (χ1) is 9.31. The maximum atomic E-state index is 11.8. The van der Waals surface area contributed by atoms with Crippen LogP contribution in [-0.2, 0) is 11.2 Å². The minimum Gasteiger partial charge on any atom is -0.337 e. The van der Waals surface area contributed by atoms with Crippen LogP contribution in [0.15, 0.2) is 67.0 Å². The maximum Gasteiger partial charge on any atom is 0.337 e. The van der Waals surface area contributed by atoms with Gasteiger partial charge in [0.15, 0.2) is 0 Å². The molecule has 2 aromatic carbocycles. The standard InChI is InChI=1S/C16H13NO2/c18-16(10-13-6-2-1-3-7-13)19-17-11-14-8-4-5-9-15(14)12-17/h1-9,11-12H,10H2. The van der Waals surface area contributed by atoms with Gasteiger partial charge in [0.2, 0.25) is 0 Å². The van der Waals surface area contributed by atoms with Crippen molar-refractivity contribution in [2.75, 3.05) is 0 Å². The van der Waals surface area contributed by atoms with E-state index in [1.165, 1.54) is 4.73 Å². The van der Waals surface area contributed by atoms with E-state index >= 15 is 0 Å². The summed E-state index contributed by atoms with van der Waals surface area (Å²) in [4.78, 5) is 17.1. The van der Waals surface area contributed by atoms with Crippen LogP contribution in [0.4, 0.5) is 0 Å². The van der Waals surface area contributed by atoms with Crippen LogP contribution < -0.4 is 4.84 Å². The predicted molar refractivity (Wildman–Crippen MR) is 73.7 cm³/mol. The Labute approximate surface area is 111 Å². The summed E-state index contributed by atoms with van der Waals surface area (Å²) in [5.41, 5.74) is 0.948. The summed E-state index contributed by atoms with van der Waals surface area (Å²) in [7, 11) is 0. The van der Waals surface area contributed by atoms with Gasteiger partial charge in [-0.1, -0.05) is 54.6 Å². The molecule has 1 aromatic heterocycles. The summed E-state index contributed by atoms with van der Waals surface area (Å²) in [6, 6.07) is 17.4. The summed E-state index contributed by atoms with van der Waals surface area (Å²) in [5.74, 6) is -0.272. The fourth-order valence-electron chi connectivity index (χ4n) is 2.02. The zero-order valence-corrected chi connectivity index (χ0v) is 10.3. The molecule has 0 saturated carbocycles. The summed E-state index contributed by atoms with van der Waals surface area (Å²) >= 11 is 0. The number of benzene rings is 2. The van der Waals surface area contributed by atoms with E-state index in [0.29, 0.717) is 0 Å². The average Bonchev–Trinajstić information content (AvgIpc) is 2.81. The Kier molecular flexibility index (Phi) is 3.02. The molecule has 3 nitrogen and oxygen atoms in total. The number of carbonyl (C=O) groups is 1. The summed E-state index contributed by atoms with van der Waals surface area (Å²) in [6.07, 6.45) is 3.88. The van der Waals surface area contributed by atoms with Crippen molar-refractivity contribution in [2.45, 2.75) is 6.42 Å². The van der Waals surface area contributed by atoms with Crippen LogP contribution in [0.5, 0.6) is 0 Å². The number of rotatable bonds is 3. The Hall–Kier alpha value is -2.55. The van der Waals surface area contributed by atoms with Crippen molar-refractivity contribution in [3.8, 4) is 0 Å². The summed E-state index contributed by atoms with van der Waals surface area (Å²) < 4.78 is 1.47. The molecule has 94 valence electrons. The Balaban J connectivity index is 1.72. The molecular weight excluding hydrogens is 238 g/mol. The lowest BCUT2D eigenvalue weighted by molar-refractivity contribution is -0.143. The van der Waals surface area contributed by atoms with Gasteiger partial charge in [0.25, 0.3) is 0 Å². The topological polar surface area (TPSA) is 31.2 Å². The van der Waals surface area contributed by atoms with E-state index in [0.717, 1.165) is 16.3 Å². The molecule has 3 heteroatoms. The number of carbonyl (C=O) groups excluding carboxylic acids is 1. The molecule has 0 N–H and O–H groups in total. The summed E-state index contributed by atoms with van der Waals surface area (Å²) in [5, 5.41) is 2.10. The lowest BCUT2D eigenvalue weighted by atomic mass is 10.2. The van der Waals surface area contributed by atoms with Gasteiger partial charge in [-0.3, -0.25) is 0 Å². The van der Waals surface area contributed by atoms with Gasteiger partial charge in [0, 0.05) is 10.8 Å². The van der Waals surface area contributed by atoms with Crippen LogP contribution in [0.2, 0.25) is 0 Å². The number of hydrogen-bond acceptors (Lipinski definition) is 2. The first-order valence-corrected chi connectivity index (χ1v) is 6.13. The molecule has 0 aliphatic rings. The van der Waals surface area contributed by atoms with Gasteiger partial charge >= 0.3 is 5.97 Å². The third kappa shape index (κ3) is 2.65. The normalized spacial score (nSPS) is 10.5. The molecule has 0 radical (unpaired) electrons. The van der Waals surface area contributed by atoms with Crippen molar-refractivity contribution in [3.63, 3.8) is 0 Å². The van der Waals surface area contributed by atoms with Crippen LogP contribution in [0.1, 0.15) is 5.56 Å². The Morgan fingerprint density at radius 2 is 1.47 bits per heavy atom. The lowest BCUT2D eigenvalue weighted by Gasteiger charge is -2.03. The van der Waals surface area contributed by atoms with Crippen molar-refractivity contribution in [1.82, 2.24) is 4.73 Å². The van der Waals surface area contributed by atoms with Gasteiger partial charge in [0.05, 0.1) is 18.8 Å². The van der Waals surface area contributed by atoms with Crippen LogP contribution in [0, 0.1) is 0 Å². The predicted octanol–water partition coefficient (Wildman–Crippen LogP) is 2.84. The molecular formula is C16H13NO2. The second-order valence-corrected chi connectivity index (χ2v) is 4.37. The number of nitrogens with zero attached hydrogens (tertiary/aromatic N) is 1. The Bertz CT molecular complexity index is 668. The molecule has 0 amide bonds. The Morgan fingerprint density at radius 1 is 0.895 bits per heavy atom. The summed E-state index contributed by atoms with van der Waals surface area (Å²) in [6.45, 7) is 0. The van der Waals surface area contributed by atoms with Gasteiger partial charge in [0.1, 0.15) is 0 Å². The zero-order valence-electron chi connectivity index (χ0n) is 10.3. The highest BCUT2D eigenvalue weighted by molar-refractivity contribution is 5.82. The third-order valence-electron chi connectivity index (χ3n) is 2.93. The molecule has 3 aromatic rings. The van der Waals surface area contributed by atoms with Gasteiger partial charge in [-0.25, -0.2) is 4.79 Å². The highest BCUT2D eigenvalue weighted by Crippen LogP contribution is 2.13. The van der Waals surface area contributed by atoms with Crippen LogP contribution >= 0.6 is 0 Å². The average molecular weight is 251 g/mol. The first kappa shape index (κ1) is 11.5. The van der Waals surface area contributed by atoms with Crippen LogP contribution in [0.25, 0.3) is 10.8 Å². The van der Waals surface area contributed by atoms with Crippen LogP contribution in [0.3, 0.4) is 0 Å². The minimum atomic E-state index is -0.272. The molecule has 1 heterocycles. The second kappa shape index (κ2) is 4.98. The molecule has 0 unspecified atom stereocenters. The second-order valence-electron chi connectivity index (χ2n) is 4.37. The molecule has 0 atom stereocenters. The Morgan fingerprint density at radius 3 is 2.11 bits per heavy atom. The first-order valence-electron chi connectivity index (χ1n) is 6.13. The van der Waals surface area contributed by atoms with Gasteiger partial charge in [-0.2, -0.15) is 4.73 Å². The van der Waals surface area contributed by atoms with E-state index in [1.54, 1.807) is 12.4 Å². The monoisotopic (exact) mass is 251 g/mol. The zero-order chi connectivity index (χ0) is 13.1. The van der Waals surface area contributed by atoms with Gasteiger partial charge in [-0.15, -0.1) is 0 Å². The van der Waals surface area contributed by atoms with Crippen LogP contribution in [-0.4, -0.2) is 10.7 Å². The quantitative estimate of drug-likeness (QED) is 0.716. The van der Waals surface area contributed by atoms with Crippen molar-refractivity contribution in [2.24, 2.45) is 0 Å². The smallest absolute Gasteiger partial charge is 0.337 e. The van der Waals surface area contributed by atoms with E-state index in [9.17, 15) is 4.79 Å². The molecule has 19 heavy (non-hydrogen) atoms. The van der Waals surface area contributed by atoms with Gasteiger partial charge in [-0.05, 0) is 5.56 Å². The largest absolute Gasteiger partial charge is 0.337 e. The van der Waals surface area contributed by atoms with E-state index in [1.807, 2.05) is 54.6 Å². The molecule has 0 fully saturated rings. The lowest BCUT2D eigenvalue weighted by Crippen LogP contribution is -2.20. The van der Waals surface area contributed by atoms with Crippen molar-refractivity contribution in [1.29, 1.82) is 0 Å². The number of fused-ring (bicyclic) bond motifs is 1. The number of aromatic nitrogens is 1. The highest BCUT2D eigenvalue weighted by Gasteiger charge is 2.06. The van der Waals surface area contributed by atoms with Crippen molar-refractivity contribution < 1.29 is 9.63 Å². The van der Waals surface area contributed by atoms with Crippen molar-refractivity contribution in [3.05, 3.63) is 72.6 Å². The molecule has 0 spiro atoms. The fourth-order valence-corrected chi connectivity index (χ4v) is 2.02. The van der Waals surface area contributed by atoms with Crippen molar-refractivity contribution >= 4 is 16.7 Å². The molecule has 0 aliphatic carbocycles. The highest BCUT2D eigenvalue weighted by atomic mass is 16.7. The molecule has 0 aliphatic heterocycles. The maximum absolute atomic E-state index is 11.8. The third-order valence-corrected chi connectivity index (χ3v) is 2.93. The number of hydrogen-bond donors (Lipinski definition) is 0. The molecule has 3 rings (SSSR count). The van der Waals surface area contributed by atoms with E-state index < -0.39 is 0 Å². The van der Waals surface area contributed by atoms with Gasteiger partial charge < -0.3 is 4.84 Å². The van der Waals surface area contributed by atoms with E-state index in [4.69, 9.17) is 4.84 Å². The van der Waals surface area contributed by atoms with E-state index in [2.05, 4.69) is 0 Å². The van der Waals surface area contributed by atoms with E-state index in [-0.39, 0.29) is 12.4 Å². The molecule has 0 saturated heterocycles.